The average Bonchev–Trinajstić information content (AvgIpc) is 3.62. The predicted molar refractivity (Wildman–Crippen MR) is 138 cm³/mol. The molecule has 1 fully saturated rings. The van der Waals surface area contributed by atoms with E-state index in [0.29, 0.717) is 31.0 Å². The van der Waals surface area contributed by atoms with Crippen molar-refractivity contribution in [3.63, 3.8) is 0 Å². The van der Waals surface area contributed by atoms with E-state index in [4.69, 9.17) is 4.52 Å². The second-order valence-corrected chi connectivity index (χ2v) is 10.6. The number of hydrogen-bond acceptors (Lipinski definition) is 8. The molecule has 0 radical (unpaired) electrons. The van der Waals surface area contributed by atoms with Crippen molar-refractivity contribution in [2.24, 2.45) is 10.9 Å². The molecule has 3 aliphatic heterocycles. The highest BCUT2D eigenvalue weighted by Gasteiger charge is 2.38. The molecule has 3 atom stereocenters. The lowest BCUT2D eigenvalue weighted by Crippen LogP contribution is -2.50. The van der Waals surface area contributed by atoms with Gasteiger partial charge in [0.05, 0.1) is 23.5 Å². The van der Waals surface area contributed by atoms with E-state index >= 15 is 0 Å². The van der Waals surface area contributed by atoms with Gasteiger partial charge in [-0.2, -0.15) is 5.10 Å². The summed E-state index contributed by atoms with van der Waals surface area (Å²) in [5.41, 5.74) is 2.96. The Bertz CT molecular complexity index is 1270. The highest BCUT2D eigenvalue weighted by atomic mass is 16.5. The maximum atomic E-state index is 13.2. The molecule has 3 unspecified atom stereocenters. The molecule has 3 aliphatic rings. The first-order chi connectivity index (χ1) is 17.6. The molecule has 5 heterocycles. The summed E-state index contributed by atoms with van der Waals surface area (Å²) in [7, 11) is 1.84. The molecule has 196 valence electrons. The Morgan fingerprint density at radius 2 is 2.08 bits per heavy atom. The molecule has 5 rings (SSSR count). The number of anilines is 1. The van der Waals surface area contributed by atoms with E-state index in [1.807, 2.05) is 43.4 Å². The molecule has 3 N–H and O–H groups in total. The standard InChI is InChI=1S/C25H33N9O3/c1-15-22-16(6-7-20(26-5)29-22)12-33(23(15)35)32-9-8-17(13-32)28-24(36)30-21-10-19(25(2,3)4)31-34(21)18-11-27-37-14-18/h6-7,10-12,14-15,17,20,26H,8-9,13H2,1-5H3,(H2,28,30,36). The number of rotatable bonds is 5. The van der Waals surface area contributed by atoms with Crippen LogP contribution < -0.4 is 16.0 Å². The van der Waals surface area contributed by atoms with Crippen molar-refractivity contribution in [1.82, 2.24) is 35.6 Å². The van der Waals surface area contributed by atoms with Crippen molar-refractivity contribution < 1.29 is 14.1 Å². The summed E-state index contributed by atoms with van der Waals surface area (Å²) in [6.45, 7) is 9.22. The van der Waals surface area contributed by atoms with Gasteiger partial charge in [-0.1, -0.05) is 32.0 Å². The summed E-state index contributed by atoms with van der Waals surface area (Å²) in [6, 6.07) is 1.38. The van der Waals surface area contributed by atoms with Crippen LogP contribution in [0.4, 0.5) is 10.6 Å². The van der Waals surface area contributed by atoms with Gasteiger partial charge in [-0.15, -0.1) is 0 Å². The SMILES string of the molecule is CNC1C=CC2=CN(N3CCC(NC(=O)Nc4cc(C(C)(C)C)nn4-c4cnoc4)C3)C(=O)C(C)C2=N1. The molecule has 0 aromatic carbocycles. The Labute approximate surface area is 215 Å². The molecule has 2 aromatic rings. The Balaban J connectivity index is 1.25. The Morgan fingerprint density at radius 3 is 2.78 bits per heavy atom. The van der Waals surface area contributed by atoms with E-state index in [-0.39, 0.29) is 35.5 Å². The normalized spacial score (nSPS) is 24.1. The molecule has 1 saturated heterocycles. The zero-order chi connectivity index (χ0) is 26.3. The van der Waals surface area contributed by atoms with Gasteiger partial charge in [0.2, 0.25) is 5.91 Å². The first-order valence-corrected chi connectivity index (χ1v) is 12.4. The van der Waals surface area contributed by atoms with Gasteiger partial charge in [-0.25, -0.2) is 19.5 Å². The number of carbonyl (C=O) groups excluding carboxylic acids is 2. The third kappa shape index (κ3) is 4.94. The van der Waals surface area contributed by atoms with Gasteiger partial charge in [0.15, 0.2) is 0 Å². The highest BCUT2D eigenvalue weighted by molar-refractivity contribution is 6.16. The smallest absolute Gasteiger partial charge is 0.320 e. The van der Waals surface area contributed by atoms with Gasteiger partial charge in [-0.05, 0) is 26.5 Å². The molecule has 2 aromatic heterocycles. The zero-order valence-corrected chi connectivity index (χ0v) is 21.7. The van der Waals surface area contributed by atoms with Crippen LogP contribution in [0.15, 0.2) is 52.0 Å². The maximum Gasteiger partial charge on any atom is 0.320 e. The summed E-state index contributed by atoms with van der Waals surface area (Å²) in [6.07, 6.45) is 9.43. The fraction of sp³-hybridized carbons (Fsp3) is 0.480. The number of likely N-dealkylation sites (N-methyl/N-ethyl adjacent to an activating group) is 1. The fourth-order valence-electron chi connectivity index (χ4n) is 4.64. The number of nitrogens with one attached hydrogen (secondary N) is 3. The van der Waals surface area contributed by atoms with Gasteiger partial charge in [0.1, 0.15) is 23.9 Å². The lowest BCUT2D eigenvalue weighted by atomic mass is 9.92. The second kappa shape index (κ2) is 9.60. The van der Waals surface area contributed by atoms with E-state index in [0.717, 1.165) is 17.0 Å². The van der Waals surface area contributed by atoms with Gasteiger partial charge in [0.25, 0.3) is 0 Å². The number of fused-ring (bicyclic) bond motifs is 1. The maximum absolute atomic E-state index is 13.2. The van der Waals surface area contributed by atoms with Crippen molar-refractivity contribution in [3.05, 3.63) is 48.1 Å². The van der Waals surface area contributed by atoms with Gasteiger partial charge >= 0.3 is 6.03 Å². The van der Waals surface area contributed by atoms with Crippen LogP contribution in [-0.2, 0) is 10.2 Å². The first kappa shape index (κ1) is 24.9. The molecule has 0 bridgehead atoms. The van der Waals surface area contributed by atoms with E-state index < -0.39 is 0 Å². The van der Waals surface area contributed by atoms with Crippen molar-refractivity contribution >= 4 is 23.5 Å². The van der Waals surface area contributed by atoms with Gasteiger partial charge < -0.3 is 9.84 Å². The van der Waals surface area contributed by atoms with Crippen molar-refractivity contribution in [2.45, 2.75) is 51.7 Å². The van der Waals surface area contributed by atoms with Crippen molar-refractivity contribution in [3.8, 4) is 5.69 Å². The molecule has 12 heteroatoms. The molecular formula is C25H33N9O3. The van der Waals surface area contributed by atoms with E-state index in [9.17, 15) is 9.59 Å². The quantitative estimate of drug-likeness (QED) is 0.565. The van der Waals surface area contributed by atoms with Gasteiger partial charge in [0, 0.05) is 42.4 Å². The number of urea groups is 1. The van der Waals surface area contributed by atoms with Crippen LogP contribution in [0.25, 0.3) is 5.69 Å². The minimum absolute atomic E-state index is 0.0231. The van der Waals surface area contributed by atoms with E-state index in [1.165, 1.54) is 6.26 Å². The molecule has 3 amide bonds. The first-order valence-electron chi connectivity index (χ1n) is 12.4. The van der Waals surface area contributed by atoms with E-state index in [2.05, 4.69) is 52.0 Å². The lowest BCUT2D eigenvalue weighted by Gasteiger charge is -2.36. The number of amides is 3. The predicted octanol–water partition coefficient (Wildman–Crippen LogP) is 2.19. The summed E-state index contributed by atoms with van der Waals surface area (Å²) < 4.78 is 6.57. The third-order valence-corrected chi connectivity index (χ3v) is 6.79. The third-order valence-electron chi connectivity index (χ3n) is 6.79. The summed E-state index contributed by atoms with van der Waals surface area (Å²) in [4.78, 5) is 30.8. The minimum Gasteiger partial charge on any atom is -0.362 e. The number of aliphatic imine (C=N–C) groups is 1. The van der Waals surface area contributed by atoms with Gasteiger partial charge in [-0.3, -0.25) is 20.4 Å². The molecule has 0 saturated carbocycles. The minimum atomic E-state index is -0.343. The summed E-state index contributed by atoms with van der Waals surface area (Å²) in [5, 5.41) is 21.1. The topological polar surface area (TPSA) is 133 Å². The largest absolute Gasteiger partial charge is 0.362 e. The lowest BCUT2D eigenvalue weighted by molar-refractivity contribution is -0.143. The number of hydrogen-bond donors (Lipinski definition) is 3. The van der Waals surface area contributed by atoms with Crippen LogP contribution in [0, 0.1) is 5.92 Å². The zero-order valence-electron chi connectivity index (χ0n) is 21.7. The number of nitrogens with zero attached hydrogens (tertiary/aromatic N) is 6. The molecule has 0 spiro atoms. The van der Waals surface area contributed by atoms with Crippen molar-refractivity contribution in [2.75, 3.05) is 25.5 Å². The molecule has 37 heavy (non-hydrogen) atoms. The fourth-order valence-corrected chi connectivity index (χ4v) is 4.64. The van der Waals surface area contributed by atoms with Crippen molar-refractivity contribution in [1.29, 1.82) is 0 Å². The molecule has 0 aliphatic carbocycles. The number of carbonyl (C=O) groups is 2. The van der Waals surface area contributed by atoms with Crippen LogP contribution in [0.5, 0.6) is 0 Å². The van der Waals surface area contributed by atoms with Crippen LogP contribution in [0.2, 0.25) is 0 Å². The molecular weight excluding hydrogens is 474 g/mol. The number of allylic oxidation sites excluding steroid dienone is 2. The van der Waals surface area contributed by atoms with Crippen LogP contribution in [-0.4, -0.2) is 74.9 Å². The van der Waals surface area contributed by atoms with Crippen LogP contribution in [0.1, 0.15) is 39.8 Å². The average molecular weight is 508 g/mol. The number of aromatic nitrogens is 3. The number of dihydropyridines is 1. The highest BCUT2D eigenvalue weighted by Crippen LogP contribution is 2.28. The van der Waals surface area contributed by atoms with E-state index in [1.54, 1.807) is 15.9 Å². The Kier molecular flexibility index (Phi) is 6.46. The second-order valence-electron chi connectivity index (χ2n) is 10.6. The number of hydrazine groups is 1. The Morgan fingerprint density at radius 1 is 1.27 bits per heavy atom. The summed E-state index contributed by atoms with van der Waals surface area (Å²) >= 11 is 0. The van der Waals surface area contributed by atoms with Crippen LogP contribution >= 0.6 is 0 Å². The summed E-state index contributed by atoms with van der Waals surface area (Å²) in [5.74, 6) is 0.150. The van der Waals surface area contributed by atoms with Crippen LogP contribution in [0.3, 0.4) is 0 Å². The molecule has 12 nitrogen and oxygen atoms in total. The Hall–Kier alpha value is -3.77. The monoisotopic (exact) mass is 507 g/mol.